The quantitative estimate of drug-likeness (QED) is 0.331. The van der Waals surface area contributed by atoms with Crippen LogP contribution in [0.3, 0.4) is 0 Å². The van der Waals surface area contributed by atoms with Gasteiger partial charge in [0.15, 0.2) is 5.78 Å². The predicted octanol–water partition coefficient (Wildman–Crippen LogP) is 2.47. The van der Waals surface area contributed by atoms with Gasteiger partial charge in [0.1, 0.15) is 5.60 Å². The lowest BCUT2D eigenvalue weighted by atomic mass is 9.81. The van der Waals surface area contributed by atoms with E-state index in [0.29, 0.717) is 24.8 Å². The molecule has 1 fully saturated rings. The number of Topliss-reactive ketones (excluding diaryl/α,β-unsaturated/α-hetero) is 1. The van der Waals surface area contributed by atoms with Crippen LogP contribution in [0.15, 0.2) is 24.3 Å². The highest BCUT2D eigenvalue weighted by molar-refractivity contribution is 5.88. The molecular formula is C21H32O6. The molecule has 0 unspecified atom stereocenters. The summed E-state index contributed by atoms with van der Waals surface area (Å²) >= 11 is 0. The van der Waals surface area contributed by atoms with Crippen molar-refractivity contribution in [2.75, 3.05) is 7.11 Å². The molecule has 6 nitrogen and oxygen atoms in total. The van der Waals surface area contributed by atoms with Gasteiger partial charge in [0, 0.05) is 12.0 Å². The topological polar surface area (TPSA) is 96.4 Å². The minimum atomic E-state index is -1.52. The number of ether oxygens (including phenoxy) is 2. The Hall–Kier alpha value is -1.50. The molecule has 27 heavy (non-hydrogen) atoms. The van der Waals surface area contributed by atoms with Gasteiger partial charge in [0.25, 0.3) is 0 Å². The number of methoxy groups -OCH3 is 1. The SMILES string of the molecule is C=C(C(=O)OC)[C@@H]1CC[C@@](C)(O)C(=O)CC[C@](C)(O)/C=C/C[C@]2(C)O[C@H]2C1. The van der Waals surface area contributed by atoms with Gasteiger partial charge in [-0.25, -0.2) is 4.79 Å². The molecule has 2 N–H and O–H groups in total. The third-order valence-corrected chi connectivity index (χ3v) is 5.91. The minimum absolute atomic E-state index is 0.0536. The standard InChI is InChI=1S/C21H32O6/c1-14(18(23)26-5)15-7-12-20(3,25)16(22)8-11-19(2,24)9-6-10-21(4)17(13-15)27-21/h6,9,15,17,24-25H,1,7-8,10-13H2,2-5H3/b9-6+/t15-,17+,19-,20-,21+/m1/s1. The zero-order valence-corrected chi connectivity index (χ0v) is 16.8. The number of hydrogen-bond donors (Lipinski definition) is 2. The zero-order valence-electron chi connectivity index (χ0n) is 16.8. The molecule has 0 bridgehead atoms. The molecule has 1 aliphatic carbocycles. The average Bonchev–Trinajstić information content (AvgIpc) is 3.23. The zero-order chi connectivity index (χ0) is 20.5. The summed E-state index contributed by atoms with van der Waals surface area (Å²) in [4.78, 5) is 24.4. The number of hydrogen-bond acceptors (Lipinski definition) is 6. The van der Waals surface area contributed by atoms with Crippen molar-refractivity contribution in [3.8, 4) is 0 Å². The average molecular weight is 380 g/mol. The van der Waals surface area contributed by atoms with Crippen molar-refractivity contribution >= 4 is 11.8 Å². The van der Waals surface area contributed by atoms with E-state index < -0.39 is 17.2 Å². The molecule has 1 aliphatic heterocycles. The summed E-state index contributed by atoms with van der Waals surface area (Å²) < 4.78 is 10.7. The molecule has 6 heteroatoms. The van der Waals surface area contributed by atoms with Gasteiger partial charge in [-0.3, -0.25) is 4.79 Å². The number of carbonyl (C=O) groups is 2. The first-order valence-corrected chi connectivity index (χ1v) is 9.51. The Bertz CT molecular complexity index is 633. The number of esters is 1. The van der Waals surface area contributed by atoms with Crippen LogP contribution in [0.4, 0.5) is 0 Å². The Labute approximate surface area is 161 Å². The van der Waals surface area contributed by atoms with Crippen LogP contribution in [0.1, 0.15) is 59.3 Å². The molecule has 5 atom stereocenters. The minimum Gasteiger partial charge on any atom is -0.466 e. The monoisotopic (exact) mass is 380 g/mol. The lowest BCUT2D eigenvalue weighted by molar-refractivity contribution is -0.137. The van der Waals surface area contributed by atoms with E-state index in [1.165, 1.54) is 14.0 Å². The highest BCUT2D eigenvalue weighted by atomic mass is 16.6. The highest BCUT2D eigenvalue weighted by Crippen LogP contribution is 2.45. The Morgan fingerprint density at radius 1 is 1.30 bits per heavy atom. The normalized spacial score (nSPS) is 41.8. The molecule has 0 aromatic rings. The molecule has 1 saturated heterocycles. The molecule has 1 heterocycles. The first kappa shape index (κ1) is 21.8. The maximum Gasteiger partial charge on any atom is 0.333 e. The van der Waals surface area contributed by atoms with Crippen molar-refractivity contribution in [1.29, 1.82) is 0 Å². The Kier molecular flexibility index (Phi) is 6.34. The summed E-state index contributed by atoms with van der Waals surface area (Å²) in [5.41, 5.74) is -2.64. The fourth-order valence-electron chi connectivity index (χ4n) is 3.62. The fourth-order valence-corrected chi connectivity index (χ4v) is 3.62. The lowest BCUT2D eigenvalue weighted by Gasteiger charge is -2.27. The number of carbonyl (C=O) groups excluding carboxylic acids is 2. The largest absolute Gasteiger partial charge is 0.466 e. The van der Waals surface area contributed by atoms with Gasteiger partial charge < -0.3 is 19.7 Å². The van der Waals surface area contributed by atoms with E-state index in [2.05, 4.69) is 6.58 Å². The van der Waals surface area contributed by atoms with Crippen LogP contribution < -0.4 is 0 Å². The van der Waals surface area contributed by atoms with Gasteiger partial charge in [-0.1, -0.05) is 18.7 Å². The predicted molar refractivity (Wildman–Crippen MR) is 101 cm³/mol. The molecule has 2 aliphatic rings. The van der Waals surface area contributed by atoms with Gasteiger partial charge in [0.05, 0.1) is 24.4 Å². The van der Waals surface area contributed by atoms with E-state index in [1.54, 1.807) is 13.0 Å². The fraction of sp³-hybridized carbons (Fsp3) is 0.714. The van der Waals surface area contributed by atoms with E-state index in [0.717, 1.165) is 0 Å². The van der Waals surface area contributed by atoms with Crippen molar-refractivity contribution in [2.45, 2.75) is 82.2 Å². The van der Waals surface area contributed by atoms with Crippen LogP contribution in [0.5, 0.6) is 0 Å². The molecule has 0 radical (unpaired) electrons. The van der Waals surface area contributed by atoms with Crippen molar-refractivity contribution in [2.24, 2.45) is 5.92 Å². The summed E-state index contributed by atoms with van der Waals surface area (Å²) in [6.07, 6.45) is 5.65. The Morgan fingerprint density at radius 3 is 2.59 bits per heavy atom. The number of aliphatic hydroxyl groups is 2. The van der Waals surface area contributed by atoms with Crippen LogP contribution in [0.2, 0.25) is 0 Å². The molecule has 2 rings (SSSR count). The van der Waals surface area contributed by atoms with E-state index >= 15 is 0 Å². The van der Waals surface area contributed by atoms with Gasteiger partial charge in [-0.15, -0.1) is 0 Å². The van der Waals surface area contributed by atoms with Crippen molar-refractivity contribution < 1.29 is 29.3 Å². The van der Waals surface area contributed by atoms with Crippen molar-refractivity contribution in [3.63, 3.8) is 0 Å². The van der Waals surface area contributed by atoms with E-state index in [4.69, 9.17) is 9.47 Å². The van der Waals surface area contributed by atoms with Gasteiger partial charge in [-0.05, 0) is 58.8 Å². The van der Waals surface area contributed by atoms with E-state index in [9.17, 15) is 19.8 Å². The molecule has 0 amide bonds. The van der Waals surface area contributed by atoms with E-state index in [-0.39, 0.29) is 42.7 Å². The molecule has 0 saturated carbocycles. The van der Waals surface area contributed by atoms with Crippen LogP contribution in [-0.4, -0.2) is 52.0 Å². The number of rotatable bonds is 2. The first-order valence-electron chi connectivity index (χ1n) is 9.51. The maximum atomic E-state index is 12.5. The van der Waals surface area contributed by atoms with Gasteiger partial charge in [0.2, 0.25) is 0 Å². The van der Waals surface area contributed by atoms with Gasteiger partial charge >= 0.3 is 5.97 Å². The molecule has 152 valence electrons. The maximum absolute atomic E-state index is 12.5. The van der Waals surface area contributed by atoms with Crippen LogP contribution in [0, 0.1) is 5.92 Å². The molecular weight excluding hydrogens is 348 g/mol. The second kappa shape index (κ2) is 7.86. The molecule has 0 spiro atoms. The van der Waals surface area contributed by atoms with Crippen LogP contribution in [-0.2, 0) is 19.1 Å². The van der Waals surface area contributed by atoms with E-state index in [1.807, 2.05) is 13.0 Å². The number of epoxide rings is 1. The second-order valence-electron chi connectivity index (χ2n) is 8.57. The third kappa shape index (κ3) is 5.50. The second-order valence-corrected chi connectivity index (χ2v) is 8.57. The molecule has 0 aromatic heterocycles. The van der Waals surface area contributed by atoms with Crippen LogP contribution >= 0.6 is 0 Å². The summed E-state index contributed by atoms with van der Waals surface area (Å²) in [6, 6.07) is 0. The smallest absolute Gasteiger partial charge is 0.333 e. The number of fused-ring (bicyclic) bond motifs is 1. The third-order valence-electron chi connectivity index (χ3n) is 5.91. The van der Waals surface area contributed by atoms with Crippen molar-refractivity contribution in [1.82, 2.24) is 0 Å². The summed E-state index contributed by atoms with van der Waals surface area (Å²) in [5, 5.41) is 21.1. The lowest BCUT2D eigenvalue weighted by Crippen LogP contribution is -2.37. The first-order chi connectivity index (χ1) is 12.4. The Morgan fingerprint density at radius 2 is 1.96 bits per heavy atom. The van der Waals surface area contributed by atoms with Crippen LogP contribution in [0.25, 0.3) is 0 Å². The summed E-state index contributed by atoms with van der Waals surface area (Å²) in [5.74, 6) is -1.04. The highest BCUT2D eigenvalue weighted by Gasteiger charge is 2.52. The summed E-state index contributed by atoms with van der Waals surface area (Å²) in [6.45, 7) is 9.01. The number of ketones is 1. The van der Waals surface area contributed by atoms with Crippen molar-refractivity contribution in [3.05, 3.63) is 24.3 Å². The Balaban J connectivity index is 2.23. The molecule has 0 aromatic carbocycles. The van der Waals surface area contributed by atoms with Gasteiger partial charge in [-0.2, -0.15) is 0 Å². The summed E-state index contributed by atoms with van der Waals surface area (Å²) in [7, 11) is 1.31.